The summed E-state index contributed by atoms with van der Waals surface area (Å²) in [5.41, 5.74) is 1.16. The van der Waals surface area contributed by atoms with Crippen molar-refractivity contribution in [3.8, 4) is 0 Å². The largest absolute Gasteiger partial charge is 0.355 e. The number of hydrogen-bond acceptors (Lipinski definition) is 2. The van der Waals surface area contributed by atoms with E-state index < -0.39 is 5.92 Å². The van der Waals surface area contributed by atoms with E-state index in [-0.39, 0.29) is 34.8 Å². The fourth-order valence-electron chi connectivity index (χ4n) is 5.04. The van der Waals surface area contributed by atoms with Crippen LogP contribution in [0, 0.1) is 17.0 Å². The zero-order valence-electron chi connectivity index (χ0n) is 17.0. The normalized spacial score (nSPS) is 21.9. The first-order valence-electron chi connectivity index (χ1n) is 10.4. The van der Waals surface area contributed by atoms with Crippen molar-refractivity contribution >= 4 is 11.8 Å². The molecule has 0 aliphatic carbocycles. The number of nitrogens with one attached hydrogen (secondary N) is 1. The maximum absolute atomic E-state index is 14.1. The smallest absolute Gasteiger partial charge is 0.229 e. The number of benzene rings is 2. The van der Waals surface area contributed by atoms with Gasteiger partial charge in [0.15, 0.2) is 0 Å². The molecule has 2 aromatic carbocycles. The van der Waals surface area contributed by atoms with E-state index in [0.717, 1.165) is 5.56 Å². The molecular formula is C24H26F2N2O2. The standard InChI is InChI=1S/C24H26F2N2O2/c1-16(19-4-2-3-5-21(19)26)23(30)28-12-10-24(11-13-28)14-22(29)27-15-20(24)17-6-8-18(25)9-7-17/h2-9,16,20H,10-15H2,1H3,(H,27,29). The van der Waals surface area contributed by atoms with Gasteiger partial charge in [-0.1, -0.05) is 30.3 Å². The number of carbonyl (C=O) groups is 2. The summed E-state index contributed by atoms with van der Waals surface area (Å²) < 4.78 is 27.5. The summed E-state index contributed by atoms with van der Waals surface area (Å²) in [5.74, 6) is -1.19. The van der Waals surface area contributed by atoms with E-state index in [1.807, 2.05) is 0 Å². The third-order valence-corrected chi connectivity index (χ3v) is 6.84. The van der Waals surface area contributed by atoms with E-state index in [4.69, 9.17) is 0 Å². The van der Waals surface area contributed by atoms with Crippen LogP contribution < -0.4 is 5.32 Å². The van der Waals surface area contributed by atoms with Crippen molar-refractivity contribution in [1.29, 1.82) is 0 Å². The van der Waals surface area contributed by atoms with Gasteiger partial charge in [-0.25, -0.2) is 8.78 Å². The third kappa shape index (κ3) is 3.83. The molecule has 2 amide bonds. The van der Waals surface area contributed by atoms with Crippen LogP contribution in [0.3, 0.4) is 0 Å². The number of nitrogens with zero attached hydrogens (tertiary/aromatic N) is 1. The average molecular weight is 412 g/mol. The lowest BCUT2D eigenvalue weighted by Gasteiger charge is -2.49. The van der Waals surface area contributed by atoms with Crippen LogP contribution in [0.5, 0.6) is 0 Å². The third-order valence-electron chi connectivity index (χ3n) is 6.84. The lowest BCUT2D eigenvalue weighted by atomic mass is 9.62. The van der Waals surface area contributed by atoms with Crippen molar-refractivity contribution in [2.24, 2.45) is 5.41 Å². The van der Waals surface area contributed by atoms with E-state index in [1.165, 1.54) is 18.2 Å². The van der Waals surface area contributed by atoms with Crippen molar-refractivity contribution in [3.63, 3.8) is 0 Å². The first-order valence-corrected chi connectivity index (χ1v) is 10.4. The highest BCUT2D eigenvalue weighted by molar-refractivity contribution is 5.83. The molecule has 4 rings (SSSR count). The summed E-state index contributed by atoms with van der Waals surface area (Å²) in [5, 5.41) is 2.94. The van der Waals surface area contributed by atoms with E-state index in [1.54, 1.807) is 42.2 Å². The van der Waals surface area contributed by atoms with Crippen molar-refractivity contribution in [2.75, 3.05) is 19.6 Å². The topological polar surface area (TPSA) is 49.4 Å². The molecule has 2 aromatic rings. The van der Waals surface area contributed by atoms with Gasteiger partial charge in [-0.05, 0) is 54.5 Å². The predicted octanol–water partition coefficient (Wildman–Crippen LogP) is 3.98. The molecule has 0 bridgehead atoms. The zero-order chi connectivity index (χ0) is 21.3. The number of amides is 2. The number of halogens is 2. The second-order valence-corrected chi connectivity index (χ2v) is 8.52. The molecule has 0 aromatic heterocycles. The van der Waals surface area contributed by atoms with E-state index in [0.29, 0.717) is 44.5 Å². The first kappa shape index (κ1) is 20.5. The molecule has 30 heavy (non-hydrogen) atoms. The summed E-state index contributed by atoms with van der Waals surface area (Å²) in [6, 6.07) is 12.9. The Labute approximate surface area is 175 Å². The molecule has 6 heteroatoms. The molecule has 2 fully saturated rings. The van der Waals surface area contributed by atoms with Crippen molar-refractivity contribution in [2.45, 2.75) is 38.0 Å². The van der Waals surface area contributed by atoms with Crippen LogP contribution in [0.15, 0.2) is 48.5 Å². The van der Waals surface area contributed by atoms with Gasteiger partial charge in [0.1, 0.15) is 11.6 Å². The second kappa shape index (κ2) is 8.17. The van der Waals surface area contributed by atoms with E-state index in [2.05, 4.69) is 5.32 Å². The molecule has 158 valence electrons. The number of carbonyl (C=O) groups excluding carboxylic acids is 2. The maximum atomic E-state index is 14.1. The lowest BCUT2D eigenvalue weighted by molar-refractivity contribution is -0.137. The van der Waals surface area contributed by atoms with E-state index >= 15 is 0 Å². The summed E-state index contributed by atoms with van der Waals surface area (Å²) in [4.78, 5) is 27.0. The van der Waals surface area contributed by atoms with Crippen molar-refractivity contribution < 1.29 is 18.4 Å². The lowest BCUT2D eigenvalue weighted by Crippen LogP contribution is -2.53. The van der Waals surface area contributed by atoms with Gasteiger partial charge in [0.2, 0.25) is 11.8 Å². The Kier molecular flexibility index (Phi) is 5.58. The van der Waals surface area contributed by atoms with Crippen LogP contribution in [0.4, 0.5) is 8.78 Å². The quantitative estimate of drug-likeness (QED) is 0.829. The Bertz CT molecular complexity index is 936. The molecule has 2 saturated heterocycles. The van der Waals surface area contributed by atoms with Gasteiger partial charge in [0, 0.05) is 32.0 Å². The van der Waals surface area contributed by atoms with Crippen LogP contribution in [0.1, 0.15) is 49.1 Å². The minimum atomic E-state index is -0.553. The average Bonchev–Trinajstić information content (AvgIpc) is 2.75. The zero-order valence-corrected chi connectivity index (χ0v) is 17.0. The van der Waals surface area contributed by atoms with Gasteiger partial charge in [0.05, 0.1) is 5.92 Å². The van der Waals surface area contributed by atoms with Crippen LogP contribution >= 0.6 is 0 Å². The van der Waals surface area contributed by atoms with Crippen molar-refractivity contribution in [1.82, 2.24) is 10.2 Å². The van der Waals surface area contributed by atoms with Crippen LogP contribution in [-0.2, 0) is 9.59 Å². The molecule has 1 spiro atoms. The van der Waals surface area contributed by atoms with Crippen LogP contribution in [0.2, 0.25) is 0 Å². The molecule has 0 saturated carbocycles. The number of likely N-dealkylation sites (tertiary alicyclic amines) is 1. The predicted molar refractivity (Wildman–Crippen MR) is 110 cm³/mol. The molecular weight excluding hydrogens is 386 g/mol. The minimum Gasteiger partial charge on any atom is -0.355 e. The number of piperidine rings is 2. The summed E-state index contributed by atoms with van der Waals surface area (Å²) in [7, 11) is 0. The molecule has 0 radical (unpaired) electrons. The first-order chi connectivity index (χ1) is 14.4. The fraction of sp³-hybridized carbons (Fsp3) is 0.417. The van der Waals surface area contributed by atoms with Gasteiger partial charge >= 0.3 is 0 Å². The monoisotopic (exact) mass is 412 g/mol. The molecule has 2 atom stereocenters. The SMILES string of the molecule is CC(C(=O)N1CCC2(CC1)CC(=O)NCC2c1ccc(F)cc1)c1ccccc1F. The maximum Gasteiger partial charge on any atom is 0.229 e. The van der Waals surface area contributed by atoms with Crippen molar-refractivity contribution in [3.05, 3.63) is 71.3 Å². The molecule has 1 N–H and O–H groups in total. The second-order valence-electron chi connectivity index (χ2n) is 8.52. The van der Waals surface area contributed by atoms with Gasteiger partial charge in [-0.15, -0.1) is 0 Å². The Hall–Kier alpha value is -2.76. The molecule has 2 aliphatic rings. The van der Waals surface area contributed by atoms with E-state index in [9.17, 15) is 18.4 Å². The highest BCUT2D eigenvalue weighted by atomic mass is 19.1. The number of rotatable bonds is 3. The summed E-state index contributed by atoms with van der Waals surface area (Å²) >= 11 is 0. The molecule has 2 aliphatic heterocycles. The Morgan fingerprint density at radius 2 is 1.77 bits per heavy atom. The van der Waals surface area contributed by atoms with Gasteiger partial charge in [-0.2, -0.15) is 0 Å². The minimum absolute atomic E-state index is 0.0212. The number of hydrogen-bond donors (Lipinski definition) is 1. The summed E-state index contributed by atoms with van der Waals surface area (Å²) in [6.45, 7) is 3.32. The fourth-order valence-corrected chi connectivity index (χ4v) is 5.04. The van der Waals surface area contributed by atoms with Gasteiger partial charge in [0.25, 0.3) is 0 Å². The van der Waals surface area contributed by atoms with Crippen LogP contribution in [0.25, 0.3) is 0 Å². The Morgan fingerprint density at radius 1 is 1.10 bits per heavy atom. The molecule has 2 unspecified atom stereocenters. The molecule has 2 heterocycles. The highest BCUT2D eigenvalue weighted by Gasteiger charge is 2.47. The van der Waals surface area contributed by atoms with Gasteiger partial charge < -0.3 is 10.2 Å². The van der Waals surface area contributed by atoms with Gasteiger partial charge in [-0.3, -0.25) is 9.59 Å². The summed E-state index contributed by atoms with van der Waals surface area (Å²) in [6.07, 6.45) is 1.79. The van der Waals surface area contributed by atoms with Crippen LogP contribution in [-0.4, -0.2) is 36.3 Å². The molecule has 4 nitrogen and oxygen atoms in total. The highest BCUT2D eigenvalue weighted by Crippen LogP contribution is 2.49. The Morgan fingerprint density at radius 3 is 2.43 bits per heavy atom. The Balaban J connectivity index is 1.50.